The highest BCUT2D eigenvalue weighted by molar-refractivity contribution is 5.41. The number of hydrogen-bond donors (Lipinski definition) is 1. The Hall–Kier alpha value is -1.02. The fourth-order valence-corrected chi connectivity index (χ4v) is 0.570. The van der Waals surface area contributed by atoms with E-state index in [0.29, 0.717) is 6.54 Å². The molecule has 0 spiro atoms. The Labute approximate surface area is 54.0 Å². The summed E-state index contributed by atoms with van der Waals surface area (Å²) in [6.07, 6.45) is 5.33. The highest BCUT2D eigenvalue weighted by Gasteiger charge is 1.83. The first kappa shape index (κ1) is 6.11. The first-order chi connectivity index (χ1) is 4.43. The highest BCUT2D eigenvalue weighted by atomic mass is 16.3. The van der Waals surface area contributed by atoms with Crippen LogP contribution in [0.5, 0.6) is 0 Å². The maximum absolute atomic E-state index is 5.22. The van der Waals surface area contributed by atoms with Crippen molar-refractivity contribution in [1.29, 1.82) is 0 Å². The molecule has 0 aliphatic heterocycles. The van der Waals surface area contributed by atoms with Crippen molar-refractivity contribution in [2.45, 2.75) is 0 Å². The minimum absolute atomic E-state index is 0.556. The quantitative estimate of drug-likeness (QED) is 0.642. The second-order valence-electron chi connectivity index (χ2n) is 1.65. The van der Waals surface area contributed by atoms with E-state index >= 15 is 0 Å². The Morgan fingerprint density at radius 1 is 1.67 bits per heavy atom. The molecule has 0 bridgehead atoms. The molecule has 9 heavy (non-hydrogen) atoms. The highest BCUT2D eigenvalue weighted by Crippen LogP contribution is 2.00. The van der Waals surface area contributed by atoms with Gasteiger partial charge in [-0.25, -0.2) is 0 Å². The number of hydrogen-bond acceptors (Lipinski definition) is 2. The molecule has 0 fully saturated rings. The number of nitrogens with two attached hydrogens (primary N) is 1. The molecule has 0 saturated heterocycles. The summed E-state index contributed by atoms with van der Waals surface area (Å²) in [5.74, 6) is 0.848. The zero-order valence-electron chi connectivity index (χ0n) is 5.08. The molecule has 0 aliphatic carbocycles. The van der Waals surface area contributed by atoms with Crippen LogP contribution >= 0.6 is 0 Å². The van der Waals surface area contributed by atoms with Crippen molar-refractivity contribution in [3.05, 3.63) is 30.2 Å². The lowest BCUT2D eigenvalue weighted by molar-refractivity contribution is 0.557. The third kappa shape index (κ3) is 1.74. The minimum Gasteiger partial charge on any atom is -0.465 e. The summed E-state index contributed by atoms with van der Waals surface area (Å²) in [4.78, 5) is 0. The molecule has 0 aromatic carbocycles. The molecule has 2 heteroatoms. The van der Waals surface area contributed by atoms with Crippen molar-refractivity contribution in [1.82, 2.24) is 0 Å². The molecule has 2 N–H and O–H groups in total. The minimum atomic E-state index is 0.556. The predicted octanol–water partition coefficient (Wildman–Crippen LogP) is 1.25. The second kappa shape index (κ2) is 3.10. The standard InChI is InChI=1S/C7H9NO/c8-5-1-3-7-4-2-6-9-7/h1-4,6H,5,8H2/b3-1+. The van der Waals surface area contributed by atoms with Crippen LogP contribution in [0.25, 0.3) is 6.08 Å². The van der Waals surface area contributed by atoms with Gasteiger partial charge in [0.2, 0.25) is 0 Å². The fraction of sp³-hybridized carbons (Fsp3) is 0.143. The van der Waals surface area contributed by atoms with Crippen LogP contribution in [0.1, 0.15) is 5.76 Å². The van der Waals surface area contributed by atoms with E-state index in [1.165, 1.54) is 0 Å². The van der Waals surface area contributed by atoms with Gasteiger partial charge in [-0.05, 0) is 18.2 Å². The van der Waals surface area contributed by atoms with Gasteiger partial charge in [0.25, 0.3) is 0 Å². The molecule has 0 radical (unpaired) electrons. The SMILES string of the molecule is NC/C=C/c1ccco1. The molecular weight excluding hydrogens is 114 g/mol. The van der Waals surface area contributed by atoms with Crippen LogP contribution in [0.3, 0.4) is 0 Å². The maximum Gasteiger partial charge on any atom is 0.126 e. The summed E-state index contributed by atoms with van der Waals surface area (Å²) in [6.45, 7) is 0.556. The zero-order valence-corrected chi connectivity index (χ0v) is 5.08. The van der Waals surface area contributed by atoms with Gasteiger partial charge in [-0.1, -0.05) is 6.08 Å². The molecule has 0 aliphatic rings. The summed E-state index contributed by atoms with van der Waals surface area (Å²) in [6, 6.07) is 3.72. The van der Waals surface area contributed by atoms with Crippen LogP contribution in [0, 0.1) is 0 Å². The molecule has 48 valence electrons. The lowest BCUT2D eigenvalue weighted by Crippen LogP contribution is -1.91. The Morgan fingerprint density at radius 2 is 2.56 bits per heavy atom. The first-order valence-electron chi connectivity index (χ1n) is 2.83. The van der Waals surface area contributed by atoms with Gasteiger partial charge in [-0.15, -0.1) is 0 Å². The average molecular weight is 123 g/mol. The summed E-state index contributed by atoms with van der Waals surface area (Å²) < 4.78 is 4.99. The third-order valence-corrected chi connectivity index (χ3v) is 0.961. The Bertz CT molecular complexity index is 177. The smallest absolute Gasteiger partial charge is 0.126 e. The van der Waals surface area contributed by atoms with E-state index in [1.54, 1.807) is 6.26 Å². The van der Waals surface area contributed by atoms with Gasteiger partial charge in [0.15, 0.2) is 0 Å². The fourth-order valence-electron chi connectivity index (χ4n) is 0.570. The van der Waals surface area contributed by atoms with Crippen molar-refractivity contribution in [3.63, 3.8) is 0 Å². The Balaban J connectivity index is 2.57. The number of rotatable bonds is 2. The zero-order chi connectivity index (χ0) is 6.53. The van der Waals surface area contributed by atoms with Crippen molar-refractivity contribution in [2.75, 3.05) is 6.54 Å². The van der Waals surface area contributed by atoms with Crippen LogP contribution in [-0.4, -0.2) is 6.54 Å². The van der Waals surface area contributed by atoms with E-state index in [9.17, 15) is 0 Å². The largest absolute Gasteiger partial charge is 0.465 e. The Morgan fingerprint density at radius 3 is 3.11 bits per heavy atom. The molecule has 1 rings (SSSR count). The van der Waals surface area contributed by atoms with Crippen molar-refractivity contribution >= 4 is 6.08 Å². The molecule has 0 unspecified atom stereocenters. The molecule has 1 aromatic rings. The van der Waals surface area contributed by atoms with Gasteiger partial charge in [-0.2, -0.15) is 0 Å². The summed E-state index contributed by atoms with van der Waals surface area (Å²) >= 11 is 0. The van der Waals surface area contributed by atoms with E-state index in [2.05, 4.69) is 0 Å². The van der Waals surface area contributed by atoms with Gasteiger partial charge in [0.05, 0.1) is 6.26 Å². The monoisotopic (exact) mass is 123 g/mol. The van der Waals surface area contributed by atoms with E-state index in [0.717, 1.165) is 5.76 Å². The van der Waals surface area contributed by atoms with Crippen LogP contribution in [0.2, 0.25) is 0 Å². The molecule has 1 aromatic heterocycles. The molecule has 1 heterocycles. The van der Waals surface area contributed by atoms with Crippen LogP contribution < -0.4 is 5.73 Å². The molecule has 0 amide bonds. The van der Waals surface area contributed by atoms with E-state index in [4.69, 9.17) is 10.2 Å². The number of furan rings is 1. The molecule has 0 atom stereocenters. The van der Waals surface area contributed by atoms with Crippen molar-refractivity contribution < 1.29 is 4.42 Å². The normalized spacial score (nSPS) is 10.8. The van der Waals surface area contributed by atoms with Crippen LogP contribution in [-0.2, 0) is 0 Å². The second-order valence-corrected chi connectivity index (χ2v) is 1.65. The third-order valence-electron chi connectivity index (χ3n) is 0.961. The Kier molecular flexibility index (Phi) is 2.10. The van der Waals surface area contributed by atoms with Crippen molar-refractivity contribution in [2.24, 2.45) is 5.73 Å². The lowest BCUT2D eigenvalue weighted by atomic mass is 10.4. The van der Waals surface area contributed by atoms with E-state index < -0.39 is 0 Å². The summed E-state index contributed by atoms with van der Waals surface area (Å²) in [5, 5.41) is 0. The van der Waals surface area contributed by atoms with Gasteiger partial charge >= 0.3 is 0 Å². The molecule has 2 nitrogen and oxygen atoms in total. The van der Waals surface area contributed by atoms with Gasteiger partial charge < -0.3 is 10.2 Å². The van der Waals surface area contributed by atoms with Gasteiger partial charge in [-0.3, -0.25) is 0 Å². The average Bonchev–Trinajstić information content (AvgIpc) is 2.34. The van der Waals surface area contributed by atoms with Gasteiger partial charge in [0.1, 0.15) is 5.76 Å². The predicted molar refractivity (Wildman–Crippen MR) is 36.8 cm³/mol. The molecule has 0 saturated carbocycles. The van der Waals surface area contributed by atoms with Gasteiger partial charge in [0, 0.05) is 6.54 Å². The van der Waals surface area contributed by atoms with Crippen LogP contribution in [0.15, 0.2) is 28.9 Å². The van der Waals surface area contributed by atoms with Crippen molar-refractivity contribution in [3.8, 4) is 0 Å². The maximum atomic E-state index is 5.22. The van der Waals surface area contributed by atoms with Crippen LogP contribution in [0.4, 0.5) is 0 Å². The van der Waals surface area contributed by atoms with E-state index in [1.807, 2.05) is 24.3 Å². The molecular formula is C7H9NO. The van der Waals surface area contributed by atoms with E-state index in [-0.39, 0.29) is 0 Å². The topological polar surface area (TPSA) is 39.2 Å². The summed E-state index contributed by atoms with van der Waals surface area (Å²) in [7, 11) is 0. The first-order valence-corrected chi connectivity index (χ1v) is 2.83. The lowest BCUT2D eigenvalue weighted by Gasteiger charge is -1.79. The summed E-state index contributed by atoms with van der Waals surface area (Å²) in [5.41, 5.74) is 5.22.